The van der Waals surface area contributed by atoms with E-state index >= 15 is 0 Å². The molecule has 0 unspecified atom stereocenters. The fraction of sp³-hybridized carbons (Fsp3) is 0.421. The summed E-state index contributed by atoms with van der Waals surface area (Å²) in [6, 6.07) is 8.60. The lowest BCUT2D eigenvalue weighted by molar-refractivity contribution is 0.0949. The van der Waals surface area contributed by atoms with Crippen LogP contribution in [-0.4, -0.2) is 17.0 Å². The maximum Gasteiger partial charge on any atom is 0.253 e. The summed E-state index contributed by atoms with van der Waals surface area (Å²) < 4.78 is 15.2. The molecule has 1 fully saturated rings. The predicted octanol–water partition coefficient (Wildman–Crippen LogP) is 3.73. The molecule has 3 nitrogen and oxygen atoms in total. The summed E-state index contributed by atoms with van der Waals surface area (Å²) in [5.74, 6) is -0.244. The van der Waals surface area contributed by atoms with Gasteiger partial charge >= 0.3 is 0 Å². The Kier molecular flexibility index (Phi) is 4.00. The zero-order valence-corrected chi connectivity index (χ0v) is 13.9. The molecule has 0 atom stereocenters. The second-order valence-corrected chi connectivity index (χ2v) is 6.50. The van der Waals surface area contributed by atoms with E-state index in [1.807, 2.05) is 32.0 Å². The molecular weight excluding hydrogens is 291 g/mol. The first-order valence-electron chi connectivity index (χ1n) is 8.18. The van der Waals surface area contributed by atoms with Crippen LogP contribution in [0.4, 0.5) is 4.39 Å². The van der Waals surface area contributed by atoms with Crippen molar-refractivity contribution in [3.8, 4) is 0 Å². The van der Waals surface area contributed by atoms with E-state index in [-0.39, 0.29) is 17.1 Å². The van der Waals surface area contributed by atoms with Crippen molar-refractivity contribution in [2.24, 2.45) is 0 Å². The van der Waals surface area contributed by atoms with Gasteiger partial charge in [-0.25, -0.2) is 4.39 Å². The molecular formula is C19H23FN2O. The number of rotatable bonds is 5. The molecule has 3 rings (SSSR count). The zero-order valence-electron chi connectivity index (χ0n) is 13.9. The lowest BCUT2D eigenvalue weighted by Crippen LogP contribution is -2.32. The topological polar surface area (TPSA) is 34.0 Å². The molecule has 1 aliphatic rings. The minimum Gasteiger partial charge on any atom is -0.351 e. The SMILES string of the molecule is CCn1c(C)cc(C(=O)NCC2(c3ccc(F)cc3)CC2)c1C. The summed E-state index contributed by atoms with van der Waals surface area (Å²) >= 11 is 0. The highest BCUT2D eigenvalue weighted by molar-refractivity contribution is 5.95. The Hall–Kier alpha value is -2.10. The Morgan fingerprint density at radius 3 is 2.43 bits per heavy atom. The second kappa shape index (κ2) is 5.84. The van der Waals surface area contributed by atoms with Crippen LogP contribution in [0, 0.1) is 19.7 Å². The Labute approximate surface area is 136 Å². The Bertz CT molecular complexity index is 727. The molecule has 122 valence electrons. The van der Waals surface area contributed by atoms with Crippen LogP contribution in [0.2, 0.25) is 0 Å². The summed E-state index contributed by atoms with van der Waals surface area (Å²) in [5.41, 5.74) is 3.96. The van der Waals surface area contributed by atoms with Crippen LogP contribution in [0.15, 0.2) is 30.3 Å². The third-order valence-corrected chi connectivity index (χ3v) is 5.03. The number of amides is 1. The van der Waals surface area contributed by atoms with E-state index in [0.29, 0.717) is 6.54 Å². The van der Waals surface area contributed by atoms with Crippen LogP contribution in [0.3, 0.4) is 0 Å². The summed E-state index contributed by atoms with van der Waals surface area (Å²) in [6.07, 6.45) is 2.07. The average molecular weight is 314 g/mol. The fourth-order valence-electron chi connectivity index (χ4n) is 3.38. The fourth-order valence-corrected chi connectivity index (χ4v) is 3.38. The van der Waals surface area contributed by atoms with Crippen molar-refractivity contribution in [3.05, 3.63) is 58.7 Å². The highest BCUT2D eigenvalue weighted by Gasteiger charge is 2.44. The van der Waals surface area contributed by atoms with Gasteiger partial charge in [-0.3, -0.25) is 4.79 Å². The van der Waals surface area contributed by atoms with Gasteiger partial charge in [0.2, 0.25) is 0 Å². The normalized spacial score (nSPS) is 15.5. The highest BCUT2D eigenvalue weighted by atomic mass is 19.1. The molecule has 23 heavy (non-hydrogen) atoms. The van der Waals surface area contributed by atoms with Crippen molar-refractivity contribution in [1.29, 1.82) is 0 Å². The molecule has 1 aliphatic carbocycles. The number of aromatic nitrogens is 1. The summed E-state index contributed by atoms with van der Waals surface area (Å²) in [5, 5.41) is 3.07. The molecule has 0 aliphatic heterocycles. The van der Waals surface area contributed by atoms with Crippen LogP contribution in [0.25, 0.3) is 0 Å². The van der Waals surface area contributed by atoms with E-state index in [1.54, 1.807) is 0 Å². The van der Waals surface area contributed by atoms with Gasteiger partial charge in [0.1, 0.15) is 5.82 Å². The smallest absolute Gasteiger partial charge is 0.253 e. The molecule has 0 saturated heterocycles. The van der Waals surface area contributed by atoms with Crippen molar-refractivity contribution >= 4 is 5.91 Å². The number of halogens is 1. The molecule has 1 aromatic heterocycles. The van der Waals surface area contributed by atoms with E-state index in [9.17, 15) is 9.18 Å². The Morgan fingerprint density at radius 2 is 1.91 bits per heavy atom. The maximum atomic E-state index is 13.1. The van der Waals surface area contributed by atoms with Crippen LogP contribution in [0.5, 0.6) is 0 Å². The second-order valence-electron chi connectivity index (χ2n) is 6.50. The third-order valence-electron chi connectivity index (χ3n) is 5.03. The molecule has 1 saturated carbocycles. The summed E-state index contributed by atoms with van der Waals surface area (Å²) in [4.78, 5) is 12.5. The van der Waals surface area contributed by atoms with Gasteiger partial charge in [-0.05, 0) is 57.4 Å². The Morgan fingerprint density at radius 1 is 1.26 bits per heavy atom. The molecule has 2 aromatic rings. The zero-order chi connectivity index (χ0) is 16.6. The molecule has 4 heteroatoms. The molecule has 1 amide bonds. The van der Waals surface area contributed by atoms with Crippen molar-refractivity contribution in [3.63, 3.8) is 0 Å². The number of carbonyl (C=O) groups excluding carboxylic acids is 1. The first-order chi connectivity index (χ1) is 11.0. The van der Waals surface area contributed by atoms with Crippen LogP contribution in [-0.2, 0) is 12.0 Å². The first kappa shape index (κ1) is 15.8. The van der Waals surface area contributed by atoms with Gasteiger partial charge in [0, 0.05) is 29.9 Å². The number of benzene rings is 1. The minimum absolute atomic E-state index is 0.0143. The minimum atomic E-state index is -0.222. The number of nitrogens with one attached hydrogen (secondary N) is 1. The lowest BCUT2D eigenvalue weighted by Gasteiger charge is -2.16. The quantitative estimate of drug-likeness (QED) is 0.896. The standard InChI is InChI=1S/C19H23FN2O/c1-4-22-13(2)11-17(14(22)3)18(23)21-12-19(9-10-19)15-5-7-16(20)8-6-15/h5-8,11H,4,9-10,12H2,1-3H3,(H,21,23). The number of nitrogens with zero attached hydrogens (tertiary/aromatic N) is 1. The molecule has 1 heterocycles. The summed E-state index contributed by atoms with van der Waals surface area (Å²) in [7, 11) is 0. The van der Waals surface area contributed by atoms with Gasteiger partial charge < -0.3 is 9.88 Å². The maximum absolute atomic E-state index is 13.1. The molecule has 0 bridgehead atoms. The monoisotopic (exact) mass is 314 g/mol. The van der Waals surface area contributed by atoms with E-state index in [2.05, 4.69) is 16.8 Å². The molecule has 1 N–H and O–H groups in total. The van der Waals surface area contributed by atoms with Crippen LogP contribution < -0.4 is 5.32 Å². The van der Waals surface area contributed by atoms with Gasteiger partial charge in [0.15, 0.2) is 0 Å². The average Bonchev–Trinajstić information content (AvgIpc) is 3.26. The largest absolute Gasteiger partial charge is 0.351 e. The van der Waals surface area contributed by atoms with Crippen molar-refractivity contribution < 1.29 is 9.18 Å². The van der Waals surface area contributed by atoms with Crippen LogP contribution >= 0.6 is 0 Å². The van der Waals surface area contributed by atoms with E-state index in [1.165, 1.54) is 12.1 Å². The van der Waals surface area contributed by atoms with Crippen molar-refractivity contribution in [1.82, 2.24) is 9.88 Å². The van der Waals surface area contributed by atoms with Gasteiger partial charge in [-0.15, -0.1) is 0 Å². The highest BCUT2D eigenvalue weighted by Crippen LogP contribution is 2.47. The molecule has 0 radical (unpaired) electrons. The summed E-state index contributed by atoms with van der Waals surface area (Å²) in [6.45, 7) is 7.56. The molecule has 1 aromatic carbocycles. The van der Waals surface area contributed by atoms with E-state index < -0.39 is 0 Å². The van der Waals surface area contributed by atoms with E-state index in [4.69, 9.17) is 0 Å². The number of hydrogen-bond donors (Lipinski definition) is 1. The van der Waals surface area contributed by atoms with Crippen LogP contribution in [0.1, 0.15) is 47.1 Å². The van der Waals surface area contributed by atoms with Gasteiger partial charge in [-0.2, -0.15) is 0 Å². The lowest BCUT2D eigenvalue weighted by atomic mass is 9.96. The van der Waals surface area contributed by atoms with Gasteiger partial charge in [-0.1, -0.05) is 12.1 Å². The van der Waals surface area contributed by atoms with Gasteiger partial charge in [0.05, 0.1) is 5.56 Å². The predicted molar refractivity (Wildman–Crippen MR) is 89.2 cm³/mol. The van der Waals surface area contributed by atoms with Crippen molar-refractivity contribution in [2.45, 2.75) is 45.6 Å². The number of hydrogen-bond acceptors (Lipinski definition) is 1. The first-order valence-corrected chi connectivity index (χ1v) is 8.18. The van der Waals surface area contributed by atoms with E-state index in [0.717, 1.165) is 41.9 Å². The number of carbonyl (C=O) groups is 1. The Balaban J connectivity index is 1.71. The van der Waals surface area contributed by atoms with Crippen molar-refractivity contribution in [2.75, 3.05) is 6.54 Å². The number of aryl methyl sites for hydroxylation is 1. The molecule has 0 spiro atoms. The third kappa shape index (κ3) is 2.90. The van der Waals surface area contributed by atoms with Gasteiger partial charge in [0.25, 0.3) is 5.91 Å².